The highest BCUT2D eigenvalue weighted by Gasteiger charge is 2.20. The number of hydrogen-bond acceptors (Lipinski definition) is 5. The largest absolute Gasteiger partial charge is 0.409 e. The minimum absolute atomic E-state index is 0.0122. The molecule has 1 aromatic heterocycles. The van der Waals surface area contributed by atoms with Gasteiger partial charge in [0.2, 0.25) is 0 Å². The Morgan fingerprint density at radius 1 is 1.56 bits per heavy atom. The van der Waals surface area contributed by atoms with Crippen molar-refractivity contribution in [1.82, 2.24) is 4.98 Å². The van der Waals surface area contributed by atoms with Crippen LogP contribution in [0.15, 0.2) is 17.4 Å². The Kier molecular flexibility index (Phi) is 4.13. The molecule has 0 aliphatic rings. The molecule has 0 amide bonds. The number of likely N-dealkylation sites (N-methyl/N-ethyl adjacent to an activating group) is 1. The minimum Gasteiger partial charge on any atom is -0.409 e. The number of amidine groups is 1. The molecule has 0 fully saturated rings. The van der Waals surface area contributed by atoms with Gasteiger partial charge in [0.25, 0.3) is 0 Å². The maximum Gasteiger partial charge on any atom is 0.174 e. The molecule has 18 heavy (non-hydrogen) atoms. The van der Waals surface area contributed by atoms with E-state index in [2.05, 4.69) is 10.1 Å². The first-order valence-electron chi connectivity index (χ1n) is 5.63. The van der Waals surface area contributed by atoms with Crippen LogP contribution in [0.2, 0.25) is 0 Å². The fraction of sp³-hybridized carbons (Fsp3) is 0.500. The topological polar surface area (TPSA) is 95.0 Å². The number of nitrogens with zero attached hydrogens (tertiary/aromatic N) is 3. The van der Waals surface area contributed by atoms with Gasteiger partial charge in [0, 0.05) is 19.8 Å². The zero-order valence-electron chi connectivity index (χ0n) is 11.2. The van der Waals surface area contributed by atoms with E-state index in [1.165, 1.54) is 0 Å². The lowest BCUT2D eigenvalue weighted by Crippen LogP contribution is -2.37. The number of aromatic nitrogens is 1. The lowest BCUT2D eigenvalue weighted by molar-refractivity contribution is 0.0884. The van der Waals surface area contributed by atoms with Gasteiger partial charge in [0.1, 0.15) is 5.82 Å². The second kappa shape index (κ2) is 5.22. The quantitative estimate of drug-likeness (QED) is 0.317. The maximum atomic E-state index is 9.83. The summed E-state index contributed by atoms with van der Waals surface area (Å²) in [5, 5.41) is 21.7. The molecule has 0 atom stereocenters. The minimum atomic E-state index is -0.859. The first kappa shape index (κ1) is 14.2. The van der Waals surface area contributed by atoms with E-state index in [4.69, 9.17) is 10.9 Å². The molecule has 0 radical (unpaired) electrons. The second-order valence-corrected chi connectivity index (χ2v) is 4.98. The fourth-order valence-corrected chi connectivity index (χ4v) is 1.86. The molecule has 0 bridgehead atoms. The van der Waals surface area contributed by atoms with E-state index < -0.39 is 5.60 Å². The molecule has 0 spiro atoms. The summed E-state index contributed by atoms with van der Waals surface area (Å²) in [7, 11) is 1.80. The van der Waals surface area contributed by atoms with E-state index in [-0.39, 0.29) is 5.84 Å². The maximum absolute atomic E-state index is 9.83. The molecule has 0 saturated carbocycles. The number of anilines is 1. The van der Waals surface area contributed by atoms with Crippen LogP contribution in [0.4, 0.5) is 5.82 Å². The second-order valence-electron chi connectivity index (χ2n) is 4.98. The number of aliphatic hydroxyl groups is 1. The first-order valence-corrected chi connectivity index (χ1v) is 5.63. The van der Waals surface area contributed by atoms with Crippen molar-refractivity contribution in [2.24, 2.45) is 10.9 Å². The van der Waals surface area contributed by atoms with Crippen molar-refractivity contribution in [2.45, 2.75) is 26.4 Å². The van der Waals surface area contributed by atoms with E-state index in [0.717, 1.165) is 5.56 Å². The van der Waals surface area contributed by atoms with Crippen LogP contribution >= 0.6 is 0 Å². The smallest absolute Gasteiger partial charge is 0.174 e. The summed E-state index contributed by atoms with van der Waals surface area (Å²) in [6, 6.07) is 1.79. The Morgan fingerprint density at radius 2 is 2.17 bits per heavy atom. The van der Waals surface area contributed by atoms with Crippen LogP contribution in [0.5, 0.6) is 0 Å². The van der Waals surface area contributed by atoms with Gasteiger partial charge < -0.3 is 20.9 Å². The summed E-state index contributed by atoms with van der Waals surface area (Å²) in [5.41, 5.74) is 6.24. The molecular weight excluding hydrogens is 232 g/mol. The average molecular weight is 252 g/mol. The molecule has 4 N–H and O–H groups in total. The highest BCUT2D eigenvalue weighted by molar-refractivity contribution is 6.02. The Balaban J connectivity index is 3.20. The van der Waals surface area contributed by atoms with Gasteiger partial charge in [-0.25, -0.2) is 4.98 Å². The number of aryl methyl sites for hydroxylation is 1. The number of rotatable bonds is 4. The van der Waals surface area contributed by atoms with Gasteiger partial charge in [0.15, 0.2) is 5.84 Å². The van der Waals surface area contributed by atoms with Crippen molar-refractivity contribution in [2.75, 3.05) is 18.5 Å². The Labute approximate surface area is 107 Å². The van der Waals surface area contributed by atoms with Crippen LogP contribution < -0.4 is 10.6 Å². The van der Waals surface area contributed by atoms with E-state index in [9.17, 15) is 5.11 Å². The fourth-order valence-electron chi connectivity index (χ4n) is 1.86. The highest BCUT2D eigenvalue weighted by atomic mass is 16.4. The van der Waals surface area contributed by atoms with Gasteiger partial charge in [-0.15, -0.1) is 0 Å². The molecule has 0 aliphatic carbocycles. The molecule has 6 nitrogen and oxygen atoms in total. The number of pyridine rings is 1. The van der Waals surface area contributed by atoms with E-state index in [1.54, 1.807) is 38.1 Å². The lowest BCUT2D eigenvalue weighted by Gasteiger charge is -2.28. The van der Waals surface area contributed by atoms with Crippen molar-refractivity contribution < 1.29 is 10.3 Å². The third-order valence-corrected chi connectivity index (χ3v) is 2.49. The molecule has 1 heterocycles. The van der Waals surface area contributed by atoms with Gasteiger partial charge in [-0.1, -0.05) is 5.16 Å². The Morgan fingerprint density at radius 3 is 2.67 bits per heavy atom. The predicted molar refractivity (Wildman–Crippen MR) is 71.1 cm³/mol. The Hall–Kier alpha value is -1.82. The molecule has 0 saturated heterocycles. The zero-order chi connectivity index (χ0) is 13.9. The van der Waals surface area contributed by atoms with Crippen molar-refractivity contribution in [3.05, 3.63) is 23.4 Å². The number of nitrogens with two attached hydrogens (primary N) is 1. The van der Waals surface area contributed by atoms with E-state index >= 15 is 0 Å². The van der Waals surface area contributed by atoms with Gasteiger partial charge in [-0.2, -0.15) is 0 Å². The van der Waals surface area contributed by atoms with Gasteiger partial charge in [0.05, 0.1) is 11.2 Å². The van der Waals surface area contributed by atoms with Crippen molar-refractivity contribution in [1.29, 1.82) is 0 Å². The van der Waals surface area contributed by atoms with Crippen molar-refractivity contribution in [3.8, 4) is 0 Å². The third kappa shape index (κ3) is 3.33. The summed E-state index contributed by atoms with van der Waals surface area (Å²) in [6.45, 7) is 5.66. The average Bonchev–Trinajstić information content (AvgIpc) is 2.25. The molecule has 0 unspecified atom stereocenters. The monoisotopic (exact) mass is 252 g/mol. The van der Waals surface area contributed by atoms with Crippen LogP contribution in [-0.2, 0) is 0 Å². The summed E-state index contributed by atoms with van der Waals surface area (Å²) in [5.74, 6) is 0.589. The summed E-state index contributed by atoms with van der Waals surface area (Å²) in [6.07, 6.45) is 1.65. The molecule has 0 aliphatic heterocycles. The SMILES string of the molecule is Cc1ccnc(N(C)CC(C)(C)O)c1/C(N)=N/O. The zero-order valence-corrected chi connectivity index (χ0v) is 11.2. The normalized spacial score (nSPS) is 12.6. The molecule has 1 aromatic rings. The summed E-state index contributed by atoms with van der Waals surface area (Å²) in [4.78, 5) is 6.01. The molecular formula is C12H20N4O2. The Bertz CT molecular complexity index is 452. The van der Waals surface area contributed by atoms with Crippen molar-refractivity contribution in [3.63, 3.8) is 0 Å². The standard InChI is InChI=1S/C12H20N4O2/c1-8-5-6-14-11(9(8)10(13)15-18)16(4)7-12(2,3)17/h5-6,17-18H,7H2,1-4H3,(H2,13,15). The summed E-state index contributed by atoms with van der Waals surface area (Å²) >= 11 is 0. The highest BCUT2D eigenvalue weighted by Crippen LogP contribution is 2.21. The van der Waals surface area contributed by atoms with Crippen LogP contribution in [0.3, 0.4) is 0 Å². The van der Waals surface area contributed by atoms with Gasteiger partial charge in [-0.3, -0.25) is 0 Å². The van der Waals surface area contributed by atoms with Crippen molar-refractivity contribution >= 4 is 11.7 Å². The predicted octanol–water partition coefficient (Wildman–Crippen LogP) is 0.692. The van der Waals surface area contributed by atoms with Crippen LogP contribution in [0.1, 0.15) is 25.0 Å². The lowest BCUT2D eigenvalue weighted by atomic mass is 10.1. The number of oxime groups is 1. The van der Waals surface area contributed by atoms with Crippen LogP contribution in [0, 0.1) is 6.92 Å². The molecule has 6 heteroatoms. The summed E-state index contributed by atoms with van der Waals surface area (Å²) < 4.78 is 0. The van der Waals surface area contributed by atoms with Crippen LogP contribution in [0.25, 0.3) is 0 Å². The molecule has 100 valence electrons. The first-order chi connectivity index (χ1) is 8.26. The van der Waals surface area contributed by atoms with E-state index in [1.807, 2.05) is 6.92 Å². The third-order valence-electron chi connectivity index (χ3n) is 2.49. The van der Waals surface area contributed by atoms with Gasteiger partial charge in [-0.05, 0) is 32.4 Å². The molecule has 1 rings (SSSR count). The van der Waals surface area contributed by atoms with E-state index in [0.29, 0.717) is 17.9 Å². The van der Waals surface area contributed by atoms with Crippen LogP contribution in [-0.4, -0.2) is 40.3 Å². The molecule has 0 aromatic carbocycles. The number of hydrogen-bond donors (Lipinski definition) is 3. The van der Waals surface area contributed by atoms with Gasteiger partial charge >= 0.3 is 0 Å².